The molecule has 0 atom stereocenters. The lowest BCUT2D eigenvalue weighted by Crippen LogP contribution is -2.14. The van der Waals surface area contributed by atoms with E-state index in [-0.39, 0.29) is 11.7 Å². The summed E-state index contributed by atoms with van der Waals surface area (Å²) in [5.41, 5.74) is 1.85. The number of benzene rings is 2. The first kappa shape index (κ1) is 21.6. The number of anilines is 2. The van der Waals surface area contributed by atoms with Gasteiger partial charge in [0.15, 0.2) is 0 Å². The molecule has 2 aromatic carbocycles. The summed E-state index contributed by atoms with van der Waals surface area (Å²) in [6.45, 7) is 0.526. The van der Waals surface area contributed by atoms with Crippen LogP contribution in [0.2, 0.25) is 5.02 Å². The molecule has 154 valence electrons. The summed E-state index contributed by atoms with van der Waals surface area (Å²) >= 11 is 7.44. The molecule has 1 aromatic heterocycles. The molecule has 1 amide bonds. The molecule has 3 rings (SSSR count). The van der Waals surface area contributed by atoms with Crippen LogP contribution >= 0.6 is 23.4 Å². The Morgan fingerprint density at radius 2 is 1.93 bits per heavy atom. The van der Waals surface area contributed by atoms with Crippen molar-refractivity contribution in [3.8, 4) is 0 Å². The van der Waals surface area contributed by atoms with E-state index < -0.39 is 5.97 Å². The van der Waals surface area contributed by atoms with Gasteiger partial charge in [0.25, 0.3) is 0 Å². The fraction of sp³-hybridized carbons (Fsp3) is 0.143. The molecule has 0 fully saturated rings. The highest BCUT2D eigenvalue weighted by atomic mass is 35.5. The molecule has 0 radical (unpaired) electrons. The van der Waals surface area contributed by atoms with Gasteiger partial charge in [-0.1, -0.05) is 47.6 Å². The van der Waals surface area contributed by atoms with Crippen molar-refractivity contribution in [2.75, 3.05) is 23.5 Å². The maximum absolute atomic E-state index is 12.2. The van der Waals surface area contributed by atoms with Crippen molar-refractivity contribution in [2.45, 2.75) is 11.6 Å². The van der Waals surface area contributed by atoms with E-state index in [4.69, 9.17) is 11.6 Å². The molecule has 3 aromatic rings. The molecule has 0 aliphatic rings. The van der Waals surface area contributed by atoms with Crippen molar-refractivity contribution in [2.24, 2.45) is 0 Å². The van der Waals surface area contributed by atoms with Gasteiger partial charge in [-0.2, -0.15) is 0 Å². The zero-order valence-corrected chi connectivity index (χ0v) is 17.7. The van der Waals surface area contributed by atoms with E-state index in [0.717, 1.165) is 5.56 Å². The van der Waals surface area contributed by atoms with Gasteiger partial charge in [-0.05, 0) is 29.8 Å². The topological polar surface area (TPSA) is 93.2 Å². The SMILES string of the molecule is COC(=O)c1cccc(NC(=O)CSc2cc(NCc3ccccc3Cl)ncn2)c1. The van der Waals surface area contributed by atoms with E-state index in [1.807, 2.05) is 24.3 Å². The molecule has 0 aliphatic carbocycles. The van der Waals surface area contributed by atoms with Crippen molar-refractivity contribution >= 4 is 46.7 Å². The van der Waals surface area contributed by atoms with E-state index in [9.17, 15) is 9.59 Å². The summed E-state index contributed by atoms with van der Waals surface area (Å²) in [5.74, 6) is 0.117. The smallest absolute Gasteiger partial charge is 0.337 e. The van der Waals surface area contributed by atoms with E-state index in [2.05, 4.69) is 25.3 Å². The number of thioether (sulfide) groups is 1. The quantitative estimate of drug-likeness (QED) is 0.306. The first-order valence-electron chi connectivity index (χ1n) is 8.95. The number of halogens is 1. The van der Waals surface area contributed by atoms with Crippen molar-refractivity contribution in [1.82, 2.24) is 9.97 Å². The van der Waals surface area contributed by atoms with Gasteiger partial charge in [-0.25, -0.2) is 14.8 Å². The third-order valence-electron chi connectivity index (χ3n) is 3.98. The molecule has 0 bridgehead atoms. The zero-order chi connectivity index (χ0) is 21.3. The highest BCUT2D eigenvalue weighted by molar-refractivity contribution is 7.99. The van der Waals surface area contributed by atoms with Gasteiger partial charge >= 0.3 is 5.97 Å². The van der Waals surface area contributed by atoms with Gasteiger partial charge in [0.2, 0.25) is 5.91 Å². The van der Waals surface area contributed by atoms with Crippen molar-refractivity contribution < 1.29 is 14.3 Å². The van der Waals surface area contributed by atoms with Crippen LogP contribution in [0.15, 0.2) is 66.0 Å². The average molecular weight is 443 g/mol. The minimum absolute atomic E-state index is 0.156. The molecule has 30 heavy (non-hydrogen) atoms. The van der Waals surface area contributed by atoms with Crippen LogP contribution < -0.4 is 10.6 Å². The summed E-state index contributed by atoms with van der Waals surface area (Å²) in [6, 6.07) is 15.9. The second-order valence-corrected chi connectivity index (χ2v) is 7.50. The number of aromatic nitrogens is 2. The molecular formula is C21H19ClN4O3S. The van der Waals surface area contributed by atoms with Crippen LogP contribution in [0.3, 0.4) is 0 Å². The molecule has 0 aliphatic heterocycles. The lowest BCUT2D eigenvalue weighted by molar-refractivity contribution is -0.113. The number of rotatable bonds is 8. The van der Waals surface area contributed by atoms with Crippen LogP contribution in [-0.2, 0) is 16.1 Å². The summed E-state index contributed by atoms with van der Waals surface area (Å²) in [4.78, 5) is 32.2. The van der Waals surface area contributed by atoms with Crippen LogP contribution in [0.4, 0.5) is 11.5 Å². The molecule has 1 heterocycles. The average Bonchev–Trinajstić information content (AvgIpc) is 2.77. The second kappa shape index (κ2) is 10.6. The number of hydrogen-bond donors (Lipinski definition) is 2. The van der Waals surface area contributed by atoms with Gasteiger partial charge in [0, 0.05) is 23.3 Å². The lowest BCUT2D eigenvalue weighted by Gasteiger charge is -2.09. The maximum atomic E-state index is 12.2. The summed E-state index contributed by atoms with van der Waals surface area (Å²) in [6.07, 6.45) is 1.44. The Morgan fingerprint density at radius 3 is 2.73 bits per heavy atom. The van der Waals surface area contributed by atoms with E-state index >= 15 is 0 Å². The van der Waals surface area contributed by atoms with E-state index in [1.54, 1.807) is 30.3 Å². The number of amides is 1. The number of ether oxygens (including phenoxy) is 1. The fourth-order valence-electron chi connectivity index (χ4n) is 2.52. The number of nitrogens with one attached hydrogen (secondary N) is 2. The van der Waals surface area contributed by atoms with Crippen LogP contribution in [0.25, 0.3) is 0 Å². The van der Waals surface area contributed by atoms with Crippen LogP contribution in [0.1, 0.15) is 15.9 Å². The Balaban J connectivity index is 1.53. The van der Waals surface area contributed by atoms with Gasteiger partial charge in [-0.3, -0.25) is 4.79 Å². The molecule has 0 spiro atoms. The third kappa shape index (κ3) is 6.20. The Labute approximate surface area is 183 Å². The Hall–Kier alpha value is -3.10. The Morgan fingerprint density at radius 1 is 1.10 bits per heavy atom. The number of methoxy groups -OCH3 is 1. The Bertz CT molecular complexity index is 1050. The van der Waals surface area contributed by atoms with E-state index in [1.165, 1.54) is 25.2 Å². The first-order chi connectivity index (χ1) is 14.5. The standard InChI is InChI=1S/C21H19ClN4O3S/c1-29-21(28)14-6-4-7-16(9-14)26-19(27)12-30-20-10-18(24-13-25-20)23-11-15-5-2-3-8-17(15)22/h2-10,13H,11-12H2,1H3,(H,26,27)(H,23,24,25). The minimum atomic E-state index is -0.460. The number of carbonyl (C=O) groups excluding carboxylic acids is 2. The highest BCUT2D eigenvalue weighted by Gasteiger charge is 2.09. The molecule has 9 heteroatoms. The highest BCUT2D eigenvalue weighted by Crippen LogP contribution is 2.20. The molecule has 7 nitrogen and oxygen atoms in total. The van der Waals surface area contributed by atoms with Crippen LogP contribution in [0, 0.1) is 0 Å². The third-order valence-corrected chi connectivity index (χ3v) is 5.27. The summed E-state index contributed by atoms with van der Waals surface area (Å²) in [5, 5.41) is 7.30. The fourth-order valence-corrected chi connectivity index (χ4v) is 3.39. The van der Waals surface area contributed by atoms with Gasteiger partial charge in [0.05, 0.1) is 18.4 Å². The molecular weight excluding hydrogens is 424 g/mol. The molecule has 2 N–H and O–H groups in total. The molecule has 0 saturated carbocycles. The predicted octanol–water partition coefficient (Wildman–Crippen LogP) is 4.26. The summed E-state index contributed by atoms with van der Waals surface area (Å²) < 4.78 is 4.68. The maximum Gasteiger partial charge on any atom is 0.337 e. The molecule has 0 saturated heterocycles. The van der Waals surface area contributed by atoms with Crippen molar-refractivity contribution in [3.63, 3.8) is 0 Å². The van der Waals surface area contributed by atoms with Crippen molar-refractivity contribution in [3.05, 3.63) is 77.1 Å². The number of hydrogen-bond acceptors (Lipinski definition) is 7. The van der Waals surface area contributed by atoms with Gasteiger partial charge in [0.1, 0.15) is 17.2 Å². The van der Waals surface area contributed by atoms with Crippen molar-refractivity contribution in [1.29, 1.82) is 0 Å². The van der Waals surface area contributed by atoms with Crippen LogP contribution in [-0.4, -0.2) is 34.7 Å². The normalized spacial score (nSPS) is 10.3. The van der Waals surface area contributed by atoms with Crippen LogP contribution in [0.5, 0.6) is 0 Å². The zero-order valence-electron chi connectivity index (χ0n) is 16.1. The first-order valence-corrected chi connectivity index (χ1v) is 10.3. The minimum Gasteiger partial charge on any atom is -0.465 e. The van der Waals surface area contributed by atoms with Gasteiger partial charge < -0.3 is 15.4 Å². The Kier molecular flexibility index (Phi) is 7.64. The van der Waals surface area contributed by atoms with E-state index in [0.29, 0.717) is 33.7 Å². The number of carbonyl (C=O) groups is 2. The molecule has 0 unspecified atom stereocenters. The number of esters is 1. The largest absolute Gasteiger partial charge is 0.465 e. The monoisotopic (exact) mass is 442 g/mol. The second-order valence-electron chi connectivity index (χ2n) is 6.10. The predicted molar refractivity (Wildman–Crippen MR) is 118 cm³/mol. The summed E-state index contributed by atoms with van der Waals surface area (Å²) in [7, 11) is 1.31. The van der Waals surface area contributed by atoms with Gasteiger partial charge in [-0.15, -0.1) is 0 Å². The lowest BCUT2D eigenvalue weighted by atomic mass is 10.2. The number of nitrogens with zero attached hydrogens (tertiary/aromatic N) is 2.